The molecule has 0 saturated heterocycles. The van der Waals surface area contributed by atoms with Gasteiger partial charge in [-0.15, -0.1) is 0 Å². The smallest absolute Gasteiger partial charge is 0.243 e. The van der Waals surface area contributed by atoms with E-state index in [-0.39, 0.29) is 5.91 Å². The van der Waals surface area contributed by atoms with Gasteiger partial charge in [-0.3, -0.25) is 4.79 Å². The predicted octanol–water partition coefficient (Wildman–Crippen LogP) is 2.90. The highest BCUT2D eigenvalue weighted by Gasteiger charge is 2.11. The summed E-state index contributed by atoms with van der Waals surface area (Å²) in [6.45, 7) is 2.46. The van der Waals surface area contributed by atoms with E-state index in [1.165, 1.54) is 12.4 Å². The maximum Gasteiger partial charge on any atom is 0.243 e. The van der Waals surface area contributed by atoms with Crippen molar-refractivity contribution in [1.29, 1.82) is 0 Å². The highest BCUT2D eigenvalue weighted by atomic mass is 16.5. The standard InChI is InChI=1S/C17H16N4O2/c1-2-18-14(22)9-8-12-10-19-16-15(12)17(21-11-20-16)23-13-6-4-3-5-7-13/h3-11H,2H2,1H3,(H,18,22)(H,19,20,21). The Hall–Kier alpha value is -3.15. The lowest BCUT2D eigenvalue weighted by Crippen LogP contribution is -2.19. The van der Waals surface area contributed by atoms with Crippen LogP contribution in [0.1, 0.15) is 12.5 Å². The van der Waals surface area contributed by atoms with Crippen molar-refractivity contribution in [2.24, 2.45) is 0 Å². The molecule has 3 rings (SSSR count). The number of aromatic amines is 1. The van der Waals surface area contributed by atoms with E-state index in [1.807, 2.05) is 37.3 Å². The summed E-state index contributed by atoms with van der Waals surface area (Å²) in [6, 6.07) is 9.40. The molecule has 0 aliphatic carbocycles. The van der Waals surface area contributed by atoms with Gasteiger partial charge in [-0.25, -0.2) is 9.97 Å². The summed E-state index contributed by atoms with van der Waals surface area (Å²) in [6.07, 6.45) is 6.40. The number of ether oxygens (including phenoxy) is 1. The molecule has 0 aliphatic rings. The van der Waals surface area contributed by atoms with Crippen LogP contribution in [0.25, 0.3) is 17.1 Å². The molecule has 116 valence electrons. The number of carbonyl (C=O) groups is 1. The van der Waals surface area contributed by atoms with Crippen LogP contribution in [0.3, 0.4) is 0 Å². The zero-order valence-electron chi connectivity index (χ0n) is 12.6. The van der Waals surface area contributed by atoms with Crippen molar-refractivity contribution in [3.8, 4) is 11.6 Å². The predicted molar refractivity (Wildman–Crippen MR) is 88.1 cm³/mol. The molecule has 2 heterocycles. The lowest BCUT2D eigenvalue weighted by molar-refractivity contribution is -0.116. The maximum absolute atomic E-state index is 11.6. The molecule has 0 bridgehead atoms. The fourth-order valence-electron chi connectivity index (χ4n) is 2.16. The first-order valence-corrected chi connectivity index (χ1v) is 7.29. The van der Waals surface area contributed by atoms with Crippen LogP contribution in [-0.2, 0) is 4.79 Å². The minimum atomic E-state index is -0.149. The molecule has 6 heteroatoms. The number of hydrogen-bond acceptors (Lipinski definition) is 4. The molecular weight excluding hydrogens is 292 g/mol. The Morgan fingerprint density at radius 3 is 2.91 bits per heavy atom. The number of hydrogen-bond donors (Lipinski definition) is 2. The molecule has 0 radical (unpaired) electrons. The minimum Gasteiger partial charge on any atom is -0.438 e. The summed E-state index contributed by atoms with van der Waals surface area (Å²) in [7, 11) is 0. The second kappa shape index (κ2) is 6.74. The quantitative estimate of drug-likeness (QED) is 0.710. The second-order valence-corrected chi connectivity index (χ2v) is 4.79. The molecule has 2 N–H and O–H groups in total. The van der Waals surface area contributed by atoms with Gasteiger partial charge in [-0.05, 0) is 25.1 Å². The van der Waals surface area contributed by atoms with Gasteiger partial charge in [0.15, 0.2) is 0 Å². The molecule has 1 aromatic carbocycles. The van der Waals surface area contributed by atoms with E-state index in [2.05, 4.69) is 20.3 Å². The fraction of sp³-hybridized carbons (Fsp3) is 0.118. The van der Waals surface area contributed by atoms with Gasteiger partial charge in [0.2, 0.25) is 11.8 Å². The number of para-hydroxylation sites is 1. The van der Waals surface area contributed by atoms with E-state index < -0.39 is 0 Å². The molecule has 0 fully saturated rings. The van der Waals surface area contributed by atoms with E-state index in [1.54, 1.807) is 12.3 Å². The molecule has 0 atom stereocenters. The van der Waals surface area contributed by atoms with Crippen LogP contribution in [-0.4, -0.2) is 27.4 Å². The van der Waals surface area contributed by atoms with Crippen LogP contribution < -0.4 is 10.1 Å². The topological polar surface area (TPSA) is 79.9 Å². The van der Waals surface area contributed by atoms with Crippen LogP contribution in [0.2, 0.25) is 0 Å². The molecule has 0 unspecified atom stereocenters. The van der Waals surface area contributed by atoms with Crippen molar-refractivity contribution in [3.63, 3.8) is 0 Å². The highest BCUT2D eigenvalue weighted by molar-refractivity contribution is 5.96. The van der Waals surface area contributed by atoms with Crippen molar-refractivity contribution >= 4 is 23.0 Å². The van der Waals surface area contributed by atoms with Gasteiger partial charge in [-0.1, -0.05) is 18.2 Å². The first-order valence-electron chi connectivity index (χ1n) is 7.29. The van der Waals surface area contributed by atoms with Crippen molar-refractivity contribution in [1.82, 2.24) is 20.3 Å². The monoisotopic (exact) mass is 308 g/mol. The van der Waals surface area contributed by atoms with Crippen LogP contribution in [0.4, 0.5) is 0 Å². The molecular formula is C17H16N4O2. The van der Waals surface area contributed by atoms with Crippen molar-refractivity contribution in [2.45, 2.75) is 6.92 Å². The molecule has 0 spiro atoms. The third kappa shape index (κ3) is 3.37. The number of likely N-dealkylation sites (N-methyl/N-ethyl adjacent to an activating group) is 1. The largest absolute Gasteiger partial charge is 0.438 e. The van der Waals surface area contributed by atoms with Gasteiger partial charge >= 0.3 is 0 Å². The Morgan fingerprint density at radius 2 is 2.13 bits per heavy atom. The van der Waals surface area contributed by atoms with Crippen molar-refractivity contribution in [2.75, 3.05) is 6.54 Å². The Balaban J connectivity index is 1.96. The number of carbonyl (C=O) groups excluding carboxylic acids is 1. The first-order chi connectivity index (χ1) is 11.3. The molecule has 1 amide bonds. The number of aromatic nitrogens is 3. The minimum absolute atomic E-state index is 0.149. The molecule has 2 aromatic heterocycles. The third-order valence-electron chi connectivity index (χ3n) is 3.19. The van der Waals surface area contributed by atoms with E-state index in [9.17, 15) is 4.79 Å². The van der Waals surface area contributed by atoms with Crippen LogP contribution in [0.15, 0.2) is 48.9 Å². The SMILES string of the molecule is CCNC(=O)C=Cc1c[nH]c2ncnc(Oc3ccccc3)c12. The van der Waals surface area contributed by atoms with Gasteiger partial charge < -0.3 is 15.0 Å². The van der Waals surface area contributed by atoms with Crippen LogP contribution in [0, 0.1) is 0 Å². The highest BCUT2D eigenvalue weighted by Crippen LogP contribution is 2.29. The third-order valence-corrected chi connectivity index (χ3v) is 3.19. The van der Waals surface area contributed by atoms with Gasteiger partial charge in [0.1, 0.15) is 17.7 Å². The maximum atomic E-state index is 11.6. The average Bonchev–Trinajstić information content (AvgIpc) is 2.98. The normalized spacial score (nSPS) is 11.0. The van der Waals surface area contributed by atoms with E-state index >= 15 is 0 Å². The number of fused-ring (bicyclic) bond motifs is 1. The summed E-state index contributed by atoms with van der Waals surface area (Å²) in [5.41, 5.74) is 1.44. The van der Waals surface area contributed by atoms with Gasteiger partial charge in [-0.2, -0.15) is 0 Å². The second-order valence-electron chi connectivity index (χ2n) is 4.79. The molecule has 0 aliphatic heterocycles. The molecule has 3 aromatic rings. The molecule has 23 heavy (non-hydrogen) atoms. The molecule has 6 nitrogen and oxygen atoms in total. The number of nitrogens with zero attached hydrogens (tertiary/aromatic N) is 2. The zero-order valence-corrected chi connectivity index (χ0v) is 12.6. The fourth-order valence-corrected chi connectivity index (χ4v) is 2.16. The lowest BCUT2D eigenvalue weighted by atomic mass is 10.2. The number of benzene rings is 1. The van der Waals surface area contributed by atoms with E-state index in [0.29, 0.717) is 23.8 Å². The first kappa shape index (κ1) is 14.8. The van der Waals surface area contributed by atoms with E-state index in [4.69, 9.17) is 4.74 Å². The van der Waals surface area contributed by atoms with Crippen molar-refractivity contribution < 1.29 is 9.53 Å². The summed E-state index contributed by atoms with van der Waals surface area (Å²) in [4.78, 5) is 23.0. The van der Waals surface area contributed by atoms with Crippen LogP contribution >= 0.6 is 0 Å². The number of amides is 1. The Morgan fingerprint density at radius 1 is 1.30 bits per heavy atom. The zero-order chi connectivity index (χ0) is 16.1. The lowest BCUT2D eigenvalue weighted by Gasteiger charge is -2.05. The number of nitrogens with one attached hydrogen (secondary N) is 2. The van der Waals surface area contributed by atoms with Gasteiger partial charge in [0, 0.05) is 24.4 Å². The van der Waals surface area contributed by atoms with Crippen LogP contribution in [0.5, 0.6) is 11.6 Å². The number of H-pyrrole nitrogens is 1. The van der Waals surface area contributed by atoms with Gasteiger partial charge in [0.25, 0.3) is 0 Å². The Labute approximate surface area is 133 Å². The summed E-state index contributed by atoms with van der Waals surface area (Å²) in [5.74, 6) is 0.981. The van der Waals surface area contributed by atoms with Crippen molar-refractivity contribution in [3.05, 3.63) is 54.5 Å². The van der Waals surface area contributed by atoms with E-state index in [0.717, 1.165) is 10.9 Å². The number of rotatable bonds is 5. The van der Waals surface area contributed by atoms with Gasteiger partial charge in [0.05, 0.1) is 5.39 Å². The average molecular weight is 308 g/mol. The summed E-state index contributed by atoms with van der Waals surface area (Å²) >= 11 is 0. The summed E-state index contributed by atoms with van der Waals surface area (Å²) < 4.78 is 5.84. The Bertz CT molecular complexity index is 840. The Kier molecular flexibility index (Phi) is 4.33. The molecule has 0 saturated carbocycles. The summed E-state index contributed by atoms with van der Waals surface area (Å²) in [5, 5.41) is 3.45.